The minimum absolute atomic E-state index is 0.0684. The van der Waals surface area contributed by atoms with E-state index in [-0.39, 0.29) is 48.5 Å². The third-order valence-corrected chi connectivity index (χ3v) is 16.8. The normalized spacial score (nSPS) is 24.0. The molecule has 0 radical (unpaired) electrons. The van der Waals surface area contributed by atoms with Gasteiger partial charge in [0.2, 0.25) is 0 Å². The summed E-state index contributed by atoms with van der Waals surface area (Å²) < 4.78 is 49.2. The van der Waals surface area contributed by atoms with Crippen LogP contribution in [0.25, 0.3) is 17.2 Å². The molecule has 2 aliphatic heterocycles. The van der Waals surface area contributed by atoms with Crippen LogP contribution in [-0.2, 0) is 31.8 Å². The first kappa shape index (κ1) is 37.4. The molecule has 4 heterocycles. The van der Waals surface area contributed by atoms with Crippen LogP contribution in [0.4, 0.5) is 10.2 Å². The molecular formula is C36H52ClFN4O6Si2. The Morgan fingerprint density at radius 3 is 2.50 bits per heavy atom. The molecule has 2 saturated heterocycles. The maximum atomic E-state index is 15.4. The van der Waals surface area contributed by atoms with Gasteiger partial charge >= 0.3 is 6.01 Å². The maximum absolute atomic E-state index is 15.4. The number of imidazole rings is 1. The van der Waals surface area contributed by atoms with Crippen molar-refractivity contribution < 1.29 is 32.9 Å². The van der Waals surface area contributed by atoms with E-state index >= 15 is 4.39 Å². The van der Waals surface area contributed by atoms with Crippen LogP contribution in [0.5, 0.6) is 6.01 Å². The zero-order chi connectivity index (χ0) is 36.0. The number of halogens is 2. The van der Waals surface area contributed by atoms with Gasteiger partial charge in [-0.3, -0.25) is 4.57 Å². The maximum Gasteiger partial charge on any atom is 0.301 e. The van der Waals surface area contributed by atoms with Crippen molar-refractivity contribution in [2.45, 2.75) is 115 Å². The molecule has 6 rings (SSSR count). The second-order valence-electron chi connectivity index (χ2n) is 16.4. The summed E-state index contributed by atoms with van der Waals surface area (Å²) in [5, 5.41) is 13.0. The predicted octanol–water partition coefficient (Wildman–Crippen LogP) is 7.58. The SMILES string of the molecule is CC(C)(C)[Si](C)(C)O[C@@H]1CO[C@H]2[C@@H]1OC[C@H]2Oc1nc2cc(Cl)c(N[C@H]3CCc4cc(/C=C/CO)cc(F)c43)nc2n1COCC[Si](C)(C)C. The first-order chi connectivity index (χ1) is 23.5. The highest BCUT2D eigenvalue weighted by molar-refractivity contribution is 6.76. The molecule has 50 heavy (non-hydrogen) atoms. The van der Waals surface area contributed by atoms with Gasteiger partial charge in [0.25, 0.3) is 0 Å². The van der Waals surface area contributed by atoms with E-state index in [4.69, 9.17) is 50.0 Å². The molecule has 1 aromatic carbocycles. The highest BCUT2D eigenvalue weighted by Gasteiger charge is 2.52. The molecule has 3 aliphatic rings. The number of hydrogen-bond donors (Lipinski definition) is 2. The smallest absolute Gasteiger partial charge is 0.301 e. The lowest BCUT2D eigenvalue weighted by atomic mass is 10.0. The molecule has 0 saturated carbocycles. The van der Waals surface area contributed by atoms with Gasteiger partial charge in [0.15, 0.2) is 20.1 Å². The van der Waals surface area contributed by atoms with Crippen LogP contribution in [0.1, 0.15) is 49.9 Å². The number of nitrogens with one attached hydrogen (secondary N) is 1. The first-order valence-electron chi connectivity index (χ1n) is 17.6. The van der Waals surface area contributed by atoms with Crippen LogP contribution < -0.4 is 10.1 Å². The minimum Gasteiger partial charge on any atom is -0.456 e. The highest BCUT2D eigenvalue weighted by atomic mass is 35.5. The number of aryl methyl sites for hydroxylation is 1. The molecule has 0 unspecified atom stereocenters. The van der Waals surface area contributed by atoms with Crippen LogP contribution >= 0.6 is 11.6 Å². The Morgan fingerprint density at radius 1 is 1.08 bits per heavy atom. The lowest BCUT2D eigenvalue weighted by molar-refractivity contribution is 0.00687. The second kappa shape index (κ2) is 14.6. The van der Waals surface area contributed by atoms with Crippen molar-refractivity contribution in [3.8, 4) is 6.01 Å². The number of anilines is 1. The average molecular weight is 747 g/mol. The Kier molecular flexibility index (Phi) is 10.9. The molecule has 10 nitrogen and oxygen atoms in total. The number of hydrogen-bond acceptors (Lipinski definition) is 9. The van der Waals surface area contributed by atoms with Crippen molar-refractivity contribution >= 4 is 51.0 Å². The number of benzene rings is 1. The third-order valence-electron chi connectivity index (χ3n) is 10.3. The van der Waals surface area contributed by atoms with Crippen molar-refractivity contribution in [2.24, 2.45) is 0 Å². The van der Waals surface area contributed by atoms with Crippen molar-refractivity contribution in [2.75, 3.05) is 31.7 Å². The van der Waals surface area contributed by atoms with E-state index in [1.807, 2.05) is 10.6 Å². The van der Waals surface area contributed by atoms with E-state index in [0.717, 1.165) is 17.2 Å². The molecule has 2 aromatic heterocycles. The summed E-state index contributed by atoms with van der Waals surface area (Å²) in [6.45, 7) is 19.6. The number of aromatic nitrogens is 3. The van der Waals surface area contributed by atoms with Gasteiger partial charge in [-0.2, -0.15) is 4.98 Å². The van der Waals surface area contributed by atoms with E-state index in [0.29, 0.717) is 66.2 Å². The topological polar surface area (TPSA) is 109 Å². The van der Waals surface area contributed by atoms with Crippen molar-refractivity contribution in [1.29, 1.82) is 0 Å². The molecule has 1 aliphatic carbocycles. The van der Waals surface area contributed by atoms with Gasteiger partial charge in [0, 0.05) is 20.2 Å². The van der Waals surface area contributed by atoms with Crippen molar-refractivity contribution in [3.05, 3.63) is 51.8 Å². The van der Waals surface area contributed by atoms with Gasteiger partial charge < -0.3 is 33.8 Å². The number of pyridine rings is 1. The van der Waals surface area contributed by atoms with E-state index < -0.39 is 22.5 Å². The fraction of sp³-hybridized carbons (Fsp3) is 0.611. The van der Waals surface area contributed by atoms with Gasteiger partial charge in [-0.15, -0.1) is 0 Å². The Balaban J connectivity index is 1.25. The molecular weight excluding hydrogens is 695 g/mol. The van der Waals surface area contributed by atoms with Crippen LogP contribution in [0, 0.1) is 5.82 Å². The largest absolute Gasteiger partial charge is 0.456 e. The van der Waals surface area contributed by atoms with Gasteiger partial charge in [0.1, 0.15) is 36.1 Å². The predicted molar refractivity (Wildman–Crippen MR) is 200 cm³/mol. The quantitative estimate of drug-likeness (QED) is 0.135. The minimum atomic E-state index is -2.03. The van der Waals surface area contributed by atoms with Crippen LogP contribution in [0.2, 0.25) is 48.8 Å². The second-order valence-corrected chi connectivity index (χ2v) is 27.2. The number of fused-ring (bicyclic) bond motifs is 3. The van der Waals surface area contributed by atoms with Crippen molar-refractivity contribution in [3.63, 3.8) is 0 Å². The van der Waals surface area contributed by atoms with Gasteiger partial charge in [-0.05, 0) is 60.3 Å². The van der Waals surface area contributed by atoms with Crippen LogP contribution in [0.15, 0.2) is 24.3 Å². The van der Waals surface area contributed by atoms with Gasteiger partial charge in [-0.25, -0.2) is 9.37 Å². The Hall–Kier alpha value is -2.37. The molecule has 2 fully saturated rings. The lowest BCUT2D eigenvalue weighted by Crippen LogP contribution is -2.47. The van der Waals surface area contributed by atoms with E-state index in [2.05, 4.69) is 58.8 Å². The number of rotatable bonds is 13. The highest BCUT2D eigenvalue weighted by Crippen LogP contribution is 2.42. The molecule has 0 amide bonds. The Morgan fingerprint density at radius 2 is 1.80 bits per heavy atom. The van der Waals surface area contributed by atoms with Crippen molar-refractivity contribution in [1.82, 2.24) is 14.5 Å². The molecule has 274 valence electrons. The summed E-state index contributed by atoms with van der Waals surface area (Å²) in [5.41, 5.74) is 3.37. The van der Waals surface area contributed by atoms with E-state index in [1.54, 1.807) is 18.2 Å². The molecule has 3 aromatic rings. The zero-order valence-electron chi connectivity index (χ0n) is 30.5. The Labute approximate surface area is 301 Å². The summed E-state index contributed by atoms with van der Waals surface area (Å²) in [7, 11) is -3.35. The van der Waals surface area contributed by atoms with Gasteiger partial charge in [-0.1, -0.05) is 70.2 Å². The fourth-order valence-corrected chi connectivity index (χ4v) is 8.77. The number of nitrogens with zero attached hydrogens (tertiary/aromatic N) is 3. The monoisotopic (exact) mass is 746 g/mol. The van der Waals surface area contributed by atoms with E-state index in [1.165, 1.54) is 6.07 Å². The molecule has 2 N–H and O–H groups in total. The van der Waals surface area contributed by atoms with Gasteiger partial charge in [0.05, 0.1) is 37.0 Å². The number of aliphatic hydroxyl groups excluding tert-OH is 1. The zero-order valence-corrected chi connectivity index (χ0v) is 33.3. The summed E-state index contributed by atoms with van der Waals surface area (Å²) in [6.07, 6.45) is 3.66. The number of ether oxygens (including phenoxy) is 4. The fourth-order valence-electron chi connectivity index (χ4n) is 6.50. The summed E-state index contributed by atoms with van der Waals surface area (Å²) in [6, 6.07) is 6.27. The van der Waals surface area contributed by atoms with E-state index in [9.17, 15) is 0 Å². The molecule has 0 bridgehead atoms. The summed E-state index contributed by atoms with van der Waals surface area (Å²) >= 11 is 6.79. The third kappa shape index (κ3) is 8.00. The number of aliphatic hydroxyl groups is 1. The Bertz CT molecular complexity index is 1730. The summed E-state index contributed by atoms with van der Waals surface area (Å²) in [5.74, 6) is 0.136. The molecule has 0 spiro atoms. The standard InChI is InChI=1S/C36H52ClFN4O6Si2/c1-36(2,3)50(7,8)48-29-20-46-31-28(19-45-32(29)31)47-35-40-27-18-24(37)33(41-34(27)42(35)21-44-14-15-49(4,5)6)39-26-12-11-23-16-22(10-9-13-43)17-25(38)30(23)26/h9-10,16-18,26,28-29,31-32,43H,11-15,19-21H2,1-8H3,(H,39,41)/b10-9+/t26-,28+,29+,31+,32+/m0/s1. The summed E-state index contributed by atoms with van der Waals surface area (Å²) in [4.78, 5) is 9.75. The first-order valence-corrected chi connectivity index (χ1v) is 24.6. The lowest BCUT2D eigenvalue weighted by Gasteiger charge is -2.39. The molecule has 5 atom stereocenters. The van der Waals surface area contributed by atoms with Crippen LogP contribution in [0.3, 0.4) is 0 Å². The average Bonchev–Trinajstić information content (AvgIpc) is 3.79. The van der Waals surface area contributed by atoms with Crippen LogP contribution in [-0.4, -0.2) is 86.9 Å². The molecule has 14 heteroatoms.